The third kappa shape index (κ3) is 3.67. The van der Waals surface area contributed by atoms with Crippen LogP contribution in [0.25, 0.3) is 11.1 Å². The Balaban J connectivity index is 2.00. The molecular weight excluding hydrogens is 352 g/mol. The van der Waals surface area contributed by atoms with Gasteiger partial charge in [-0.15, -0.1) is 0 Å². The maximum absolute atomic E-state index is 7.80. The zero-order chi connectivity index (χ0) is 20.3. The molecule has 1 aromatic heterocycles. The first-order chi connectivity index (χ1) is 13.5. The zero-order valence-electron chi connectivity index (χ0n) is 16.5. The van der Waals surface area contributed by atoms with Gasteiger partial charge >= 0.3 is 0 Å². The Bertz CT molecular complexity index is 986. The monoisotopic (exact) mass is 376 g/mol. The highest BCUT2D eigenvalue weighted by Gasteiger charge is 2.16. The summed E-state index contributed by atoms with van der Waals surface area (Å²) in [4.78, 5) is 2.22. The minimum absolute atomic E-state index is 0.0406. The molecule has 0 spiro atoms. The predicted molar refractivity (Wildman–Crippen MR) is 112 cm³/mol. The Morgan fingerprint density at radius 1 is 1.14 bits per heavy atom. The Kier molecular flexibility index (Phi) is 5.59. The summed E-state index contributed by atoms with van der Waals surface area (Å²) in [7, 11) is 0. The summed E-state index contributed by atoms with van der Waals surface area (Å²) < 4.78 is 10.2. The molecule has 0 saturated carbocycles. The SMILES string of the molecule is CCN(c1ccc(C(=N)OC=N)cc1)c1cc(-c2c(C)noc2C)ccc1C. The standard InChI is InChI=1S/C22H24N4O2/c1-5-26(19-10-8-17(9-11-19)22(24)27-13-23)20-12-18(7-6-14(20)2)21-15(3)25-28-16(21)4/h6-13,23-24H,5H2,1-4H3. The Morgan fingerprint density at radius 2 is 1.86 bits per heavy atom. The van der Waals surface area contributed by atoms with Crippen LogP contribution in [0.3, 0.4) is 0 Å². The molecule has 3 rings (SSSR count). The lowest BCUT2D eigenvalue weighted by molar-refractivity contribution is 0.393. The van der Waals surface area contributed by atoms with Crippen molar-refractivity contribution in [2.24, 2.45) is 0 Å². The van der Waals surface area contributed by atoms with Crippen molar-refractivity contribution >= 4 is 23.7 Å². The van der Waals surface area contributed by atoms with E-state index in [0.717, 1.165) is 46.9 Å². The van der Waals surface area contributed by atoms with Crippen molar-refractivity contribution in [1.82, 2.24) is 5.16 Å². The van der Waals surface area contributed by atoms with Crippen LogP contribution in [-0.4, -0.2) is 24.0 Å². The lowest BCUT2D eigenvalue weighted by Crippen LogP contribution is -2.17. The lowest BCUT2D eigenvalue weighted by atomic mass is 10.0. The number of ether oxygens (including phenoxy) is 1. The van der Waals surface area contributed by atoms with Gasteiger partial charge in [0.15, 0.2) is 6.40 Å². The maximum Gasteiger partial charge on any atom is 0.220 e. The first kappa shape index (κ1) is 19.4. The minimum Gasteiger partial charge on any atom is -0.428 e. The third-order valence-electron chi connectivity index (χ3n) is 4.76. The number of hydrogen-bond acceptors (Lipinski definition) is 6. The number of nitrogens with one attached hydrogen (secondary N) is 2. The molecule has 0 bridgehead atoms. The Hall–Kier alpha value is -3.41. The van der Waals surface area contributed by atoms with E-state index in [1.54, 1.807) is 0 Å². The van der Waals surface area contributed by atoms with Gasteiger partial charge in [0.1, 0.15) is 5.76 Å². The highest BCUT2D eigenvalue weighted by Crippen LogP contribution is 2.34. The number of aromatic nitrogens is 1. The summed E-state index contributed by atoms with van der Waals surface area (Å²) in [5.41, 5.74) is 6.92. The smallest absolute Gasteiger partial charge is 0.220 e. The topological polar surface area (TPSA) is 86.2 Å². The van der Waals surface area contributed by atoms with E-state index >= 15 is 0 Å². The molecule has 3 aromatic rings. The van der Waals surface area contributed by atoms with E-state index in [0.29, 0.717) is 5.56 Å². The van der Waals surface area contributed by atoms with Crippen LogP contribution < -0.4 is 4.90 Å². The number of aryl methyl sites for hydroxylation is 3. The maximum atomic E-state index is 7.80. The van der Waals surface area contributed by atoms with E-state index in [4.69, 9.17) is 20.1 Å². The molecule has 144 valence electrons. The molecule has 0 aliphatic heterocycles. The molecule has 0 saturated heterocycles. The van der Waals surface area contributed by atoms with Gasteiger partial charge in [0, 0.05) is 29.0 Å². The third-order valence-corrected chi connectivity index (χ3v) is 4.76. The van der Waals surface area contributed by atoms with Crippen LogP contribution in [0.4, 0.5) is 11.4 Å². The van der Waals surface area contributed by atoms with Crippen LogP contribution in [-0.2, 0) is 4.74 Å². The van der Waals surface area contributed by atoms with Gasteiger partial charge in [-0.05, 0) is 69.2 Å². The van der Waals surface area contributed by atoms with Crippen LogP contribution in [0.15, 0.2) is 47.0 Å². The molecule has 0 aliphatic rings. The van der Waals surface area contributed by atoms with Crippen LogP contribution in [0.5, 0.6) is 0 Å². The second-order valence-corrected chi connectivity index (χ2v) is 6.56. The van der Waals surface area contributed by atoms with Crippen LogP contribution in [0.2, 0.25) is 0 Å². The van der Waals surface area contributed by atoms with Crippen molar-refractivity contribution in [3.8, 4) is 11.1 Å². The number of benzene rings is 2. The van der Waals surface area contributed by atoms with Gasteiger partial charge in [-0.1, -0.05) is 17.3 Å². The summed E-state index contributed by atoms with van der Waals surface area (Å²) in [5.74, 6) is 0.769. The first-order valence-electron chi connectivity index (χ1n) is 9.12. The predicted octanol–water partition coefficient (Wildman–Crippen LogP) is 5.37. The van der Waals surface area contributed by atoms with E-state index in [-0.39, 0.29) is 5.90 Å². The van der Waals surface area contributed by atoms with Gasteiger partial charge < -0.3 is 14.2 Å². The molecule has 2 aromatic carbocycles. The summed E-state index contributed by atoms with van der Waals surface area (Å²) >= 11 is 0. The zero-order valence-corrected chi connectivity index (χ0v) is 16.5. The quantitative estimate of drug-likeness (QED) is 0.447. The fourth-order valence-electron chi connectivity index (χ4n) is 3.36. The van der Waals surface area contributed by atoms with Crippen LogP contribution >= 0.6 is 0 Å². The normalized spacial score (nSPS) is 10.6. The van der Waals surface area contributed by atoms with Gasteiger partial charge in [-0.25, -0.2) is 0 Å². The highest BCUT2D eigenvalue weighted by molar-refractivity contribution is 5.95. The number of rotatable bonds is 6. The van der Waals surface area contributed by atoms with Crippen molar-refractivity contribution in [3.05, 3.63) is 65.0 Å². The van der Waals surface area contributed by atoms with Gasteiger partial charge in [0.2, 0.25) is 5.90 Å². The summed E-state index contributed by atoms with van der Waals surface area (Å²) in [5, 5.41) is 18.8. The summed E-state index contributed by atoms with van der Waals surface area (Å²) in [6, 6.07) is 14.0. The molecule has 6 nitrogen and oxygen atoms in total. The Morgan fingerprint density at radius 3 is 2.43 bits per heavy atom. The molecule has 0 atom stereocenters. The molecule has 0 amide bonds. The highest BCUT2D eigenvalue weighted by atomic mass is 16.5. The van der Waals surface area contributed by atoms with Crippen molar-refractivity contribution < 1.29 is 9.26 Å². The fraction of sp³-hybridized carbons (Fsp3) is 0.227. The molecular formula is C22H24N4O2. The summed E-state index contributed by atoms with van der Waals surface area (Å²) in [6.07, 6.45) is 0.762. The second kappa shape index (κ2) is 8.08. The van der Waals surface area contributed by atoms with Crippen LogP contribution in [0.1, 0.15) is 29.5 Å². The minimum atomic E-state index is -0.0406. The number of hydrogen-bond donors (Lipinski definition) is 2. The molecule has 6 heteroatoms. The van der Waals surface area contributed by atoms with E-state index in [2.05, 4.69) is 42.1 Å². The number of nitrogens with zero attached hydrogens (tertiary/aromatic N) is 2. The van der Waals surface area contributed by atoms with E-state index in [1.165, 1.54) is 5.56 Å². The lowest BCUT2D eigenvalue weighted by Gasteiger charge is -2.26. The molecule has 28 heavy (non-hydrogen) atoms. The van der Waals surface area contributed by atoms with Crippen molar-refractivity contribution in [1.29, 1.82) is 10.8 Å². The molecule has 0 fully saturated rings. The molecule has 0 aliphatic carbocycles. The van der Waals surface area contributed by atoms with Crippen molar-refractivity contribution in [2.75, 3.05) is 11.4 Å². The average molecular weight is 376 g/mol. The Labute approximate surface area is 164 Å². The van der Waals surface area contributed by atoms with E-state index < -0.39 is 0 Å². The van der Waals surface area contributed by atoms with Crippen molar-refractivity contribution in [3.63, 3.8) is 0 Å². The summed E-state index contributed by atoms with van der Waals surface area (Å²) in [6.45, 7) is 8.87. The average Bonchev–Trinajstić information content (AvgIpc) is 3.03. The van der Waals surface area contributed by atoms with Gasteiger partial charge in [-0.3, -0.25) is 10.8 Å². The molecule has 0 radical (unpaired) electrons. The van der Waals surface area contributed by atoms with Crippen LogP contribution in [0, 0.1) is 31.6 Å². The fourth-order valence-corrected chi connectivity index (χ4v) is 3.36. The largest absolute Gasteiger partial charge is 0.428 e. The van der Waals surface area contributed by atoms with E-state index in [1.807, 2.05) is 38.1 Å². The number of anilines is 2. The van der Waals surface area contributed by atoms with Gasteiger partial charge in [-0.2, -0.15) is 0 Å². The molecule has 0 unspecified atom stereocenters. The van der Waals surface area contributed by atoms with Crippen molar-refractivity contribution in [2.45, 2.75) is 27.7 Å². The first-order valence-corrected chi connectivity index (χ1v) is 9.12. The second-order valence-electron chi connectivity index (χ2n) is 6.56. The molecule has 2 N–H and O–H groups in total. The van der Waals surface area contributed by atoms with Gasteiger partial charge in [0.05, 0.1) is 5.69 Å². The van der Waals surface area contributed by atoms with E-state index in [9.17, 15) is 0 Å². The van der Waals surface area contributed by atoms with Gasteiger partial charge in [0.25, 0.3) is 0 Å². The molecule has 1 heterocycles.